The predicted molar refractivity (Wildman–Crippen MR) is 350 cm³/mol. The third-order valence-corrected chi connectivity index (χ3v) is 16.8. The van der Waals surface area contributed by atoms with E-state index >= 15 is 0 Å². The average molecular weight is 1280 g/mol. The maximum atomic E-state index is 13.6. The zero-order chi connectivity index (χ0) is 66.2. The van der Waals surface area contributed by atoms with Crippen LogP contribution in [-0.2, 0) is 45.0 Å². The highest BCUT2D eigenvalue weighted by atomic mass is 32.2. The fourth-order valence-corrected chi connectivity index (χ4v) is 11.3. The molecule has 4 N–H and O–H groups in total. The highest BCUT2D eigenvalue weighted by molar-refractivity contribution is 7.92. The summed E-state index contributed by atoms with van der Waals surface area (Å²) in [4.78, 5) is 61.9. The van der Waals surface area contributed by atoms with E-state index in [1.807, 2.05) is 58.9 Å². The van der Waals surface area contributed by atoms with E-state index < -0.39 is 31.9 Å². The van der Waals surface area contributed by atoms with Crippen LogP contribution in [0.4, 0.5) is 22.7 Å². The summed E-state index contributed by atoms with van der Waals surface area (Å²) >= 11 is 0. The minimum absolute atomic E-state index is 0.106. The van der Waals surface area contributed by atoms with Gasteiger partial charge in [-0.3, -0.25) is 28.6 Å². The number of rotatable bonds is 19. The van der Waals surface area contributed by atoms with Crippen molar-refractivity contribution in [2.75, 3.05) is 46.8 Å². The number of hydrogen-bond acceptors (Lipinski definition) is 16. The third-order valence-electron chi connectivity index (χ3n) is 15.6. The van der Waals surface area contributed by atoms with Gasteiger partial charge in [0.05, 0.1) is 97.0 Å². The Morgan fingerprint density at radius 3 is 1.33 bits per heavy atom. The standard InChI is InChI=1S/C33H33N7O5S.C33H35N7O5S/c1-20-11-12-22(32(42)35-24-16-23(33(2)13-14-33)17-25(30(24)45-4)37-46(5,43)44)15-27(20)40-19-26(36-38-40)28-18-34-31(39(28)3)29(41)21-9-7-6-8-10-21;1-20-13-14-22(32(42)35-24-16-23(33(2,3)4)17-25(30(24)45-6)37-46(7,43)44)15-27(20)40-19-26(36-38-40)28-18-34-31(39(28)5)29(41)21-11-9-8-10-12-21/h6-12,15-19,37H,13-14H2,1-5H3,(H,35,42);8-19,37H,1-7H3,(H,35,42). The fraction of sp³-hybridized carbons (Fsp3) is 0.242. The molecule has 92 heavy (non-hydrogen) atoms. The Labute approximate surface area is 532 Å². The van der Waals surface area contributed by atoms with E-state index in [1.165, 1.54) is 14.2 Å². The average Bonchev–Trinajstić information content (AvgIpc) is 1.57. The van der Waals surface area contributed by atoms with Gasteiger partial charge in [-0.2, -0.15) is 0 Å². The lowest BCUT2D eigenvalue weighted by atomic mass is 9.86. The summed E-state index contributed by atoms with van der Waals surface area (Å²) in [7, 11) is -0.914. The number of imidazole rings is 2. The second-order valence-electron chi connectivity index (χ2n) is 23.7. The number of ketones is 2. The van der Waals surface area contributed by atoms with Gasteiger partial charge in [-0.25, -0.2) is 36.2 Å². The first-order chi connectivity index (χ1) is 43.5. The summed E-state index contributed by atoms with van der Waals surface area (Å²) in [5, 5.41) is 23.0. The molecule has 0 bridgehead atoms. The molecule has 4 heterocycles. The molecular formula is C66H68N14O10S2. The van der Waals surface area contributed by atoms with Crippen LogP contribution in [0, 0.1) is 13.8 Å². The van der Waals surface area contributed by atoms with E-state index in [-0.39, 0.29) is 56.9 Å². The van der Waals surface area contributed by atoms with E-state index in [0.29, 0.717) is 67.8 Å². The zero-order valence-corrected chi connectivity index (χ0v) is 54.3. The second-order valence-corrected chi connectivity index (χ2v) is 27.2. The molecule has 1 saturated carbocycles. The van der Waals surface area contributed by atoms with Crippen molar-refractivity contribution in [2.24, 2.45) is 14.1 Å². The van der Waals surface area contributed by atoms with E-state index in [4.69, 9.17) is 9.47 Å². The Hall–Kier alpha value is -10.6. The maximum Gasteiger partial charge on any atom is 0.255 e. The lowest BCUT2D eigenvalue weighted by Crippen LogP contribution is -2.18. The minimum Gasteiger partial charge on any atom is -0.492 e. The predicted octanol–water partition coefficient (Wildman–Crippen LogP) is 10.0. The number of ether oxygens (including phenoxy) is 2. The molecule has 474 valence electrons. The van der Waals surface area contributed by atoms with E-state index in [0.717, 1.165) is 47.6 Å². The molecule has 24 nitrogen and oxygen atoms in total. The van der Waals surface area contributed by atoms with Crippen LogP contribution in [0.3, 0.4) is 0 Å². The van der Waals surface area contributed by atoms with Gasteiger partial charge in [-0.15, -0.1) is 10.2 Å². The van der Waals surface area contributed by atoms with E-state index in [1.54, 1.807) is 154 Å². The molecule has 26 heteroatoms. The van der Waals surface area contributed by atoms with Crippen molar-refractivity contribution in [3.63, 3.8) is 0 Å². The SMILES string of the molecule is COc1c(NC(=O)c2ccc(C)c(-n3cc(-c4cnc(C(=O)c5ccccc5)n4C)nn3)c2)cc(C(C)(C)C)cc1NS(C)(=O)=O.COc1c(NC(=O)c2ccc(C)c(-n3cc(-c4cnc(C(=O)c5ccccc5)n4C)nn3)c2)cc(C2(C)CC2)cc1NS(C)(=O)=O. The molecule has 0 atom stereocenters. The number of carbonyl (C=O) groups is 4. The number of methoxy groups -OCH3 is 2. The van der Waals surface area contributed by atoms with Crippen LogP contribution in [0.15, 0.2) is 146 Å². The number of anilines is 4. The Kier molecular flexibility index (Phi) is 17.7. The lowest BCUT2D eigenvalue weighted by Gasteiger charge is -2.24. The molecule has 4 aromatic heterocycles. The van der Waals surface area contributed by atoms with E-state index in [9.17, 15) is 36.0 Å². The summed E-state index contributed by atoms with van der Waals surface area (Å²) in [6.07, 6.45) is 10.6. The van der Waals surface area contributed by atoms with Gasteiger partial charge in [0, 0.05) is 36.3 Å². The Bertz CT molecular complexity index is 4470. The summed E-state index contributed by atoms with van der Waals surface area (Å²) in [6, 6.07) is 35.3. The number of nitrogens with one attached hydrogen (secondary N) is 4. The second kappa shape index (κ2) is 25.4. The molecule has 0 spiro atoms. The van der Waals surface area contributed by atoms with Gasteiger partial charge in [0.2, 0.25) is 31.6 Å². The van der Waals surface area contributed by atoms with Crippen molar-refractivity contribution in [1.29, 1.82) is 0 Å². The monoisotopic (exact) mass is 1280 g/mol. The highest BCUT2D eigenvalue weighted by Gasteiger charge is 2.40. The number of hydrogen-bond donors (Lipinski definition) is 4. The van der Waals surface area contributed by atoms with Gasteiger partial charge >= 0.3 is 0 Å². The molecule has 0 saturated heterocycles. The number of aromatic nitrogens is 10. The smallest absolute Gasteiger partial charge is 0.255 e. The van der Waals surface area contributed by atoms with Crippen LogP contribution < -0.4 is 29.6 Å². The van der Waals surface area contributed by atoms with Crippen LogP contribution in [-0.4, -0.2) is 116 Å². The number of sulfonamides is 2. The van der Waals surface area contributed by atoms with Gasteiger partial charge in [-0.1, -0.05) is 111 Å². The van der Waals surface area contributed by atoms with Crippen LogP contribution >= 0.6 is 0 Å². The highest BCUT2D eigenvalue weighted by Crippen LogP contribution is 2.51. The van der Waals surface area contributed by atoms with Crippen molar-refractivity contribution in [2.45, 2.75) is 65.2 Å². The van der Waals surface area contributed by atoms with Crippen LogP contribution in [0.5, 0.6) is 11.5 Å². The zero-order valence-electron chi connectivity index (χ0n) is 52.6. The molecular weight excluding hydrogens is 1210 g/mol. The molecule has 0 unspecified atom stereocenters. The lowest BCUT2D eigenvalue weighted by molar-refractivity contribution is 0.101. The number of benzene rings is 6. The molecule has 10 aromatic rings. The molecule has 1 aliphatic rings. The summed E-state index contributed by atoms with van der Waals surface area (Å²) < 4.78 is 71.0. The van der Waals surface area contributed by atoms with Gasteiger partial charge in [0.15, 0.2) is 23.1 Å². The minimum atomic E-state index is -3.63. The molecule has 11 rings (SSSR count). The van der Waals surface area contributed by atoms with E-state index in [2.05, 4.69) is 57.6 Å². The summed E-state index contributed by atoms with van der Waals surface area (Å²) in [6.45, 7) is 11.8. The van der Waals surface area contributed by atoms with Crippen molar-refractivity contribution in [1.82, 2.24) is 49.1 Å². The molecule has 6 aromatic carbocycles. The van der Waals surface area contributed by atoms with Crippen LogP contribution in [0.2, 0.25) is 0 Å². The number of nitrogens with zero attached hydrogens (tertiary/aromatic N) is 10. The topological polar surface area (TPSA) is 300 Å². The first kappa shape index (κ1) is 64.4. The third kappa shape index (κ3) is 14.0. The van der Waals surface area contributed by atoms with Crippen LogP contribution in [0.25, 0.3) is 34.2 Å². The molecule has 0 aliphatic heterocycles. The van der Waals surface area contributed by atoms with Gasteiger partial charge in [0.25, 0.3) is 11.8 Å². The van der Waals surface area contributed by atoms with Gasteiger partial charge in [-0.05, 0) is 108 Å². The molecule has 1 aliphatic carbocycles. The molecule has 1 fully saturated rings. The van der Waals surface area contributed by atoms with Crippen molar-refractivity contribution in [3.8, 4) is 45.6 Å². The quantitative estimate of drug-likeness (QED) is 0.0547. The number of amides is 2. The fourth-order valence-electron chi connectivity index (χ4n) is 10.2. The van der Waals surface area contributed by atoms with Crippen LogP contribution in [0.1, 0.15) is 116 Å². The van der Waals surface area contributed by atoms with Gasteiger partial charge < -0.3 is 29.2 Å². The first-order valence-electron chi connectivity index (χ1n) is 28.9. The van der Waals surface area contributed by atoms with Crippen molar-refractivity contribution < 1.29 is 45.5 Å². The summed E-state index contributed by atoms with van der Waals surface area (Å²) in [5.74, 6) is -0.333. The largest absolute Gasteiger partial charge is 0.492 e. The molecule has 2 amide bonds. The normalized spacial score (nSPS) is 12.7. The molecule has 0 radical (unpaired) electrons. The maximum absolute atomic E-state index is 13.6. The number of carbonyl (C=O) groups excluding carboxylic acids is 4. The Morgan fingerprint density at radius 2 is 0.935 bits per heavy atom. The van der Waals surface area contributed by atoms with Gasteiger partial charge in [0.1, 0.15) is 11.4 Å². The summed E-state index contributed by atoms with van der Waals surface area (Å²) in [5.41, 5.74) is 9.22. The van der Waals surface area contributed by atoms with Crippen molar-refractivity contribution >= 4 is 66.2 Å². The Morgan fingerprint density at radius 1 is 0.543 bits per heavy atom. The number of aryl methyl sites for hydroxylation is 2. The Balaban J connectivity index is 0.000000202. The first-order valence-corrected chi connectivity index (χ1v) is 32.6. The van der Waals surface area contributed by atoms with Crippen molar-refractivity contribution in [3.05, 3.63) is 202 Å².